The molecule has 0 radical (unpaired) electrons. The Morgan fingerprint density at radius 2 is 1.84 bits per heavy atom. The van der Waals surface area contributed by atoms with E-state index < -0.39 is 0 Å². The van der Waals surface area contributed by atoms with E-state index >= 15 is 0 Å². The normalized spacial score (nSPS) is 14.7. The zero-order chi connectivity index (χ0) is 21.8. The molecule has 0 unspecified atom stereocenters. The van der Waals surface area contributed by atoms with Gasteiger partial charge in [0.05, 0.1) is 19.3 Å². The summed E-state index contributed by atoms with van der Waals surface area (Å²) in [6, 6.07) is 14.5. The number of thiophene rings is 1. The topological polar surface area (TPSA) is 37.7 Å². The molecule has 1 saturated heterocycles. The number of carbonyl (C=O) groups excluding carboxylic acids is 1. The molecule has 0 saturated carbocycles. The number of Topliss-reactive ketones (excluding diaryl/α,β-unsaturated/α-hetero) is 1. The van der Waals surface area contributed by atoms with Crippen LogP contribution >= 0.6 is 11.3 Å². The first-order chi connectivity index (χ1) is 15.1. The number of aromatic nitrogens is 1. The van der Waals surface area contributed by atoms with E-state index in [2.05, 4.69) is 57.9 Å². The molecule has 0 amide bonds. The summed E-state index contributed by atoms with van der Waals surface area (Å²) in [4.78, 5) is 19.1. The lowest BCUT2D eigenvalue weighted by atomic mass is 10.1. The summed E-state index contributed by atoms with van der Waals surface area (Å²) < 4.78 is 7.79. The van der Waals surface area contributed by atoms with Crippen molar-refractivity contribution in [3.05, 3.63) is 69.7 Å². The fourth-order valence-corrected chi connectivity index (χ4v) is 5.13. The smallest absolute Gasteiger partial charge is 0.178 e. The molecule has 3 heterocycles. The van der Waals surface area contributed by atoms with Crippen molar-refractivity contribution in [2.75, 3.05) is 44.7 Å². The minimum atomic E-state index is 0.223. The molecule has 2 aromatic heterocycles. The number of nitrogens with zero attached hydrogens (tertiary/aromatic N) is 3. The standard InChI is InChI=1S/C25H31N3O2S/c1-19-17-22(20(2)28(19)11-10-21-7-6-16-31-21)24(29)18-26-12-14-27(15-13-26)23-8-4-5-9-25(23)30-3/h4-9,16-17H,10-15,18H2,1-3H3. The Kier molecular flexibility index (Phi) is 6.78. The molecule has 6 heteroatoms. The van der Waals surface area contributed by atoms with Crippen molar-refractivity contribution in [2.45, 2.75) is 26.8 Å². The van der Waals surface area contributed by atoms with E-state index in [-0.39, 0.29) is 5.78 Å². The second-order valence-electron chi connectivity index (χ2n) is 8.12. The van der Waals surface area contributed by atoms with Gasteiger partial charge in [0.2, 0.25) is 0 Å². The minimum Gasteiger partial charge on any atom is -0.495 e. The zero-order valence-corrected chi connectivity index (χ0v) is 19.5. The Labute approximate surface area is 188 Å². The molecule has 0 atom stereocenters. The molecule has 0 spiro atoms. The number of rotatable bonds is 8. The van der Waals surface area contributed by atoms with Crippen molar-refractivity contribution in [3.8, 4) is 5.75 Å². The number of benzene rings is 1. The van der Waals surface area contributed by atoms with Gasteiger partial charge in [-0.05, 0) is 49.9 Å². The van der Waals surface area contributed by atoms with E-state index in [9.17, 15) is 4.79 Å². The molecule has 0 N–H and O–H groups in total. The van der Waals surface area contributed by atoms with Gasteiger partial charge < -0.3 is 14.2 Å². The number of aryl methyl sites for hydroxylation is 2. The predicted molar refractivity (Wildman–Crippen MR) is 128 cm³/mol. The van der Waals surface area contributed by atoms with E-state index in [1.54, 1.807) is 18.4 Å². The summed E-state index contributed by atoms with van der Waals surface area (Å²) in [5, 5.41) is 2.12. The number of hydrogen-bond donors (Lipinski definition) is 0. The van der Waals surface area contributed by atoms with Gasteiger partial charge in [-0.1, -0.05) is 18.2 Å². The Balaban J connectivity index is 1.35. The van der Waals surface area contributed by atoms with Crippen molar-refractivity contribution in [1.29, 1.82) is 0 Å². The van der Waals surface area contributed by atoms with Crippen LogP contribution in [0, 0.1) is 13.8 Å². The molecule has 164 valence electrons. The fraction of sp³-hybridized carbons (Fsp3) is 0.400. The number of ketones is 1. The van der Waals surface area contributed by atoms with Gasteiger partial charge in [0, 0.05) is 54.6 Å². The number of piperazine rings is 1. The predicted octanol–water partition coefficient (Wildman–Crippen LogP) is 4.42. The number of carbonyl (C=O) groups is 1. The molecule has 0 bridgehead atoms. The Morgan fingerprint density at radius 1 is 1.06 bits per heavy atom. The molecule has 0 aliphatic carbocycles. The van der Waals surface area contributed by atoms with Gasteiger partial charge in [-0.2, -0.15) is 0 Å². The maximum absolute atomic E-state index is 13.1. The molecule has 1 aliphatic rings. The third kappa shape index (κ3) is 4.86. The number of methoxy groups -OCH3 is 1. The van der Waals surface area contributed by atoms with Gasteiger partial charge >= 0.3 is 0 Å². The highest BCUT2D eigenvalue weighted by Gasteiger charge is 2.23. The van der Waals surface area contributed by atoms with Gasteiger partial charge in [0.1, 0.15) is 5.75 Å². The Morgan fingerprint density at radius 3 is 2.55 bits per heavy atom. The molecular formula is C25H31N3O2S. The molecule has 3 aromatic rings. The molecule has 31 heavy (non-hydrogen) atoms. The summed E-state index contributed by atoms with van der Waals surface area (Å²) in [6.07, 6.45) is 1.01. The van der Waals surface area contributed by atoms with Crippen LogP contribution in [0.15, 0.2) is 47.8 Å². The van der Waals surface area contributed by atoms with Gasteiger partial charge in [-0.25, -0.2) is 0 Å². The van der Waals surface area contributed by atoms with Crippen LogP contribution in [0.3, 0.4) is 0 Å². The number of para-hydroxylation sites is 2. The van der Waals surface area contributed by atoms with Gasteiger partial charge in [0.15, 0.2) is 5.78 Å². The monoisotopic (exact) mass is 437 g/mol. The van der Waals surface area contributed by atoms with Gasteiger partial charge in [-0.3, -0.25) is 9.69 Å². The summed E-state index contributed by atoms with van der Waals surface area (Å²) in [7, 11) is 1.71. The average molecular weight is 438 g/mol. The maximum Gasteiger partial charge on any atom is 0.178 e. The van der Waals surface area contributed by atoms with Crippen LogP contribution in [0.5, 0.6) is 5.75 Å². The fourth-order valence-electron chi connectivity index (χ4n) is 4.43. The van der Waals surface area contributed by atoms with Gasteiger partial charge in [-0.15, -0.1) is 11.3 Å². The quantitative estimate of drug-likeness (QED) is 0.489. The highest BCUT2D eigenvalue weighted by Crippen LogP contribution is 2.28. The third-order valence-electron chi connectivity index (χ3n) is 6.20. The van der Waals surface area contributed by atoms with Crippen LogP contribution in [-0.2, 0) is 13.0 Å². The SMILES string of the molecule is COc1ccccc1N1CCN(CC(=O)c2cc(C)n(CCc3cccs3)c2C)CC1. The first-order valence-electron chi connectivity index (χ1n) is 10.9. The van der Waals surface area contributed by atoms with Crippen molar-refractivity contribution < 1.29 is 9.53 Å². The number of anilines is 1. The van der Waals surface area contributed by atoms with E-state index in [0.29, 0.717) is 6.54 Å². The van der Waals surface area contributed by atoms with E-state index in [1.165, 1.54) is 10.6 Å². The van der Waals surface area contributed by atoms with Crippen molar-refractivity contribution in [3.63, 3.8) is 0 Å². The highest BCUT2D eigenvalue weighted by molar-refractivity contribution is 7.09. The molecular weight excluding hydrogens is 406 g/mol. The third-order valence-corrected chi connectivity index (χ3v) is 7.14. The lowest BCUT2D eigenvalue weighted by molar-refractivity contribution is 0.0925. The van der Waals surface area contributed by atoms with Crippen LogP contribution in [0.1, 0.15) is 26.6 Å². The van der Waals surface area contributed by atoms with Crippen LogP contribution in [0.25, 0.3) is 0 Å². The molecule has 1 fully saturated rings. The molecule has 1 aromatic carbocycles. The lowest BCUT2D eigenvalue weighted by Crippen LogP contribution is -2.48. The van der Waals surface area contributed by atoms with Crippen LogP contribution in [-0.4, -0.2) is 55.1 Å². The van der Waals surface area contributed by atoms with E-state index in [0.717, 1.165) is 61.8 Å². The number of ether oxygens (including phenoxy) is 1. The Hall–Kier alpha value is -2.57. The van der Waals surface area contributed by atoms with Crippen LogP contribution in [0.2, 0.25) is 0 Å². The first-order valence-corrected chi connectivity index (χ1v) is 11.8. The largest absolute Gasteiger partial charge is 0.495 e. The van der Waals surface area contributed by atoms with E-state index in [4.69, 9.17) is 4.74 Å². The average Bonchev–Trinajstić information content (AvgIpc) is 3.40. The van der Waals surface area contributed by atoms with Crippen LogP contribution in [0.4, 0.5) is 5.69 Å². The van der Waals surface area contributed by atoms with E-state index in [1.807, 2.05) is 18.2 Å². The van der Waals surface area contributed by atoms with Crippen molar-refractivity contribution in [1.82, 2.24) is 9.47 Å². The molecule has 5 nitrogen and oxygen atoms in total. The highest BCUT2D eigenvalue weighted by atomic mass is 32.1. The second kappa shape index (κ2) is 9.71. The zero-order valence-electron chi connectivity index (χ0n) is 18.6. The van der Waals surface area contributed by atoms with Crippen LogP contribution < -0.4 is 9.64 Å². The summed E-state index contributed by atoms with van der Waals surface area (Å²) in [5.41, 5.74) is 4.26. The first kappa shape index (κ1) is 21.7. The molecule has 1 aliphatic heterocycles. The number of hydrogen-bond acceptors (Lipinski definition) is 5. The second-order valence-corrected chi connectivity index (χ2v) is 9.16. The lowest BCUT2D eigenvalue weighted by Gasteiger charge is -2.36. The minimum absolute atomic E-state index is 0.223. The summed E-state index contributed by atoms with van der Waals surface area (Å²) in [6.45, 7) is 9.12. The summed E-state index contributed by atoms with van der Waals surface area (Å²) >= 11 is 1.79. The molecule has 4 rings (SSSR count). The van der Waals surface area contributed by atoms with Gasteiger partial charge in [0.25, 0.3) is 0 Å². The maximum atomic E-state index is 13.1. The van der Waals surface area contributed by atoms with Crippen molar-refractivity contribution >= 4 is 22.8 Å². The van der Waals surface area contributed by atoms with Crippen molar-refractivity contribution in [2.24, 2.45) is 0 Å². The Bertz CT molecular complexity index is 1020. The summed E-state index contributed by atoms with van der Waals surface area (Å²) in [5.74, 6) is 1.13.